The standard InChI is InChI=1S/C13H25N3O2S/c1-5-6-11(4)16-19(17,18)13-7-12(15-9-13)8-14-10(2)3/h7,9-11,14-16H,5-6,8H2,1-4H3. The van der Waals surface area contributed by atoms with Crippen LogP contribution in [0.2, 0.25) is 0 Å². The van der Waals surface area contributed by atoms with Gasteiger partial charge in [0.1, 0.15) is 0 Å². The molecule has 3 N–H and O–H groups in total. The summed E-state index contributed by atoms with van der Waals surface area (Å²) in [6.07, 6.45) is 3.34. The van der Waals surface area contributed by atoms with Gasteiger partial charge in [0.25, 0.3) is 0 Å². The van der Waals surface area contributed by atoms with Gasteiger partial charge in [-0.1, -0.05) is 27.2 Å². The fourth-order valence-electron chi connectivity index (χ4n) is 1.82. The van der Waals surface area contributed by atoms with Crippen LogP contribution >= 0.6 is 0 Å². The molecule has 0 amide bonds. The molecule has 110 valence electrons. The van der Waals surface area contributed by atoms with Gasteiger partial charge in [0.2, 0.25) is 10.0 Å². The molecule has 1 rings (SSSR count). The van der Waals surface area contributed by atoms with Crippen molar-refractivity contribution in [2.24, 2.45) is 0 Å². The minimum Gasteiger partial charge on any atom is -0.363 e. The van der Waals surface area contributed by atoms with Crippen molar-refractivity contribution >= 4 is 10.0 Å². The van der Waals surface area contributed by atoms with E-state index in [1.54, 1.807) is 12.3 Å². The number of sulfonamides is 1. The van der Waals surface area contributed by atoms with Crippen molar-refractivity contribution in [3.63, 3.8) is 0 Å². The van der Waals surface area contributed by atoms with E-state index in [9.17, 15) is 8.42 Å². The minimum absolute atomic E-state index is 0.0397. The van der Waals surface area contributed by atoms with Crippen molar-refractivity contribution in [3.8, 4) is 0 Å². The average Bonchev–Trinajstić information content (AvgIpc) is 2.75. The van der Waals surface area contributed by atoms with E-state index < -0.39 is 10.0 Å². The van der Waals surface area contributed by atoms with Crippen molar-refractivity contribution in [2.75, 3.05) is 0 Å². The molecule has 0 radical (unpaired) electrons. The average molecular weight is 287 g/mol. The largest absolute Gasteiger partial charge is 0.363 e. The lowest BCUT2D eigenvalue weighted by Gasteiger charge is -2.11. The quantitative estimate of drug-likeness (QED) is 0.684. The fourth-order valence-corrected chi connectivity index (χ4v) is 3.11. The molecule has 6 heteroatoms. The van der Waals surface area contributed by atoms with Crippen LogP contribution in [0.15, 0.2) is 17.2 Å². The Morgan fingerprint density at radius 3 is 2.58 bits per heavy atom. The zero-order valence-corrected chi connectivity index (χ0v) is 13.0. The van der Waals surface area contributed by atoms with Crippen molar-refractivity contribution in [3.05, 3.63) is 18.0 Å². The van der Waals surface area contributed by atoms with Gasteiger partial charge in [-0.3, -0.25) is 0 Å². The van der Waals surface area contributed by atoms with Crippen LogP contribution in [0.25, 0.3) is 0 Å². The number of H-pyrrole nitrogens is 1. The topological polar surface area (TPSA) is 74.0 Å². The Kier molecular flexibility index (Phi) is 6.03. The molecule has 0 aliphatic rings. The van der Waals surface area contributed by atoms with Crippen molar-refractivity contribution in [2.45, 2.75) is 64.1 Å². The van der Waals surface area contributed by atoms with Crippen molar-refractivity contribution < 1.29 is 8.42 Å². The van der Waals surface area contributed by atoms with Crippen LogP contribution in [-0.2, 0) is 16.6 Å². The minimum atomic E-state index is -3.41. The fraction of sp³-hybridized carbons (Fsp3) is 0.692. The molecule has 0 fully saturated rings. The lowest BCUT2D eigenvalue weighted by molar-refractivity contribution is 0.544. The summed E-state index contributed by atoms with van der Waals surface area (Å²) in [5, 5.41) is 3.24. The molecule has 1 heterocycles. The van der Waals surface area contributed by atoms with Crippen LogP contribution in [0.4, 0.5) is 0 Å². The summed E-state index contributed by atoms with van der Waals surface area (Å²) in [7, 11) is -3.41. The van der Waals surface area contributed by atoms with Gasteiger partial charge in [-0.25, -0.2) is 13.1 Å². The third-order valence-electron chi connectivity index (χ3n) is 2.81. The number of hydrogen-bond donors (Lipinski definition) is 3. The Bertz CT molecular complexity index is 480. The van der Waals surface area contributed by atoms with Crippen molar-refractivity contribution in [1.82, 2.24) is 15.0 Å². The highest BCUT2D eigenvalue weighted by Gasteiger charge is 2.18. The maximum Gasteiger partial charge on any atom is 0.242 e. The molecule has 0 bridgehead atoms. The number of aromatic amines is 1. The van der Waals surface area contributed by atoms with Gasteiger partial charge in [0, 0.05) is 30.5 Å². The third kappa shape index (κ3) is 5.34. The molecule has 1 aromatic heterocycles. The number of rotatable bonds is 8. The number of hydrogen-bond acceptors (Lipinski definition) is 3. The predicted octanol–water partition coefficient (Wildman–Crippen LogP) is 1.98. The molecule has 0 saturated heterocycles. The van der Waals surface area contributed by atoms with Crippen LogP contribution in [-0.4, -0.2) is 25.5 Å². The van der Waals surface area contributed by atoms with E-state index in [0.29, 0.717) is 17.5 Å². The van der Waals surface area contributed by atoms with Gasteiger partial charge < -0.3 is 10.3 Å². The molecule has 0 spiro atoms. The van der Waals surface area contributed by atoms with E-state index >= 15 is 0 Å². The number of nitrogens with one attached hydrogen (secondary N) is 3. The van der Waals surface area contributed by atoms with Crippen LogP contribution in [0.1, 0.15) is 46.2 Å². The Morgan fingerprint density at radius 2 is 2.00 bits per heavy atom. The Hall–Kier alpha value is -0.850. The Morgan fingerprint density at radius 1 is 1.32 bits per heavy atom. The van der Waals surface area contributed by atoms with E-state index in [0.717, 1.165) is 18.5 Å². The molecule has 1 unspecified atom stereocenters. The smallest absolute Gasteiger partial charge is 0.242 e. The SMILES string of the molecule is CCCC(C)NS(=O)(=O)c1c[nH]c(CNC(C)C)c1. The lowest BCUT2D eigenvalue weighted by Crippen LogP contribution is -2.32. The highest BCUT2D eigenvalue weighted by molar-refractivity contribution is 7.89. The molecule has 0 saturated carbocycles. The van der Waals surface area contributed by atoms with Gasteiger partial charge >= 0.3 is 0 Å². The first kappa shape index (κ1) is 16.2. The Balaban J connectivity index is 2.68. The normalized spacial score (nSPS) is 13.9. The molecule has 19 heavy (non-hydrogen) atoms. The van der Waals surface area contributed by atoms with E-state index in [1.807, 2.05) is 13.8 Å². The molecular formula is C13H25N3O2S. The molecule has 0 aromatic carbocycles. The summed E-state index contributed by atoms with van der Waals surface area (Å²) in [4.78, 5) is 3.29. The van der Waals surface area contributed by atoms with Crippen LogP contribution in [0.3, 0.4) is 0 Å². The van der Waals surface area contributed by atoms with Crippen LogP contribution in [0, 0.1) is 0 Å². The second-order valence-electron chi connectivity index (χ2n) is 5.21. The molecule has 1 atom stereocenters. The summed E-state index contributed by atoms with van der Waals surface area (Å²) in [5.41, 5.74) is 0.872. The second-order valence-corrected chi connectivity index (χ2v) is 6.92. The highest BCUT2D eigenvalue weighted by Crippen LogP contribution is 2.12. The first-order valence-electron chi connectivity index (χ1n) is 6.78. The zero-order valence-electron chi connectivity index (χ0n) is 12.2. The second kappa shape index (κ2) is 7.07. The highest BCUT2D eigenvalue weighted by atomic mass is 32.2. The predicted molar refractivity (Wildman–Crippen MR) is 77.5 cm³/mol. The molecule has 0 aliphatic heterocycles. The van der Waals surface area contributed by atoms with Gasteiger partial charge in [0.05, 0.1) is 4.90 Å². The molecular weight excluding hydrogens is 262 g/mol. The molecule has 1 aromatic rings. The summed E-state index contributed by atoms with van der Waals surface area (Å²) in [6.45, 7) is 8.66. The van der Waals surface area contributed by atoms with Gasteiger partial charge in [-0.15, -0.1) is 0 Å². The van der Waals surface area contributed by atoms with Gasteiger partial charge in [-0.05, 0) is 19.4 Å². The van der Waals surface area contributed by atoms with E-state index in [1.165, 1.54) is 0 Å². The van der Waals surface area contributed by atoms with E-state index in [-0.39, 0.29) is 6.04 Å². The van der Waals surface area contributed by atoms with E-state index in [4.69, 9.17) is 0 Å². The van der Waals surface area contributed by atoms with E-state index in [2.05, 4.69) is 28.9 Å². The lowest BCUT2D eigenvalue weighted by atomic mass is 10.2. The molecule has 5 nitrogen and oxygen atoms in total. The first-order chi connectivity index (χ1) is 8.85. The maximum atomic E-state index is 12.1. The summed E-state index contributed by atoms with van der Waals surface area (Å²) < 4.78 is 26.9. The third-order valence-corrected chi connectivity index (χ3v) is 4.37. The Labute approximate surface area is 116 Å². The summed E-state index contributed by atoms with van der Waals surface area (Å²) in [6, 6.07) is 2.00. The summed E-state index contributed by atoms with van der Waals surface area (Å²) >= 11 is 0. The monoisotopic (exact) mass is 287 g/mol. The van der Waals surface area contributed by atoms with Crippen LogP contribution < -0.4 is 10.0 Å². The summed E-state index contributed by atoms with van der Waals surface area (Å²) in [5.74, 6) is 0. The van der Waals surface area contributed by atoms with Crippen molar-refractivity contribution in [1.29, 1.82) is 0 Å². The zero-order chi connectivity index (χ0) is 14.5. The number of aromatic nitrogens is 1. The van der Waals surface area contributed by atoms with Crippen LogP contribution in [0.5, 0.6) is 0 Å². The van der Waals surface area contributed by atoms with Gasteiger partial charge in [0.15, 0.2) is 0 Å². The maximum absolute atomic E-state index is 12.1. The van der Waals surface area contributed by atoms with Gasteiger partial charge in [-0.2, -0.15) is 0 Å². The first-order valence-corrected chi connectivity index (χ1v) is 8.26. The molecule has 0 aliphatic carbocycles.